The summed E-state index contributed by atoms with van der Waals surface area (Å²) in [5, 5.41) is 3.90. The first-order valence-electron chi connectivity index (χ1n) is 3.89. The van der Waals surface area contributed by atoms with Crippen LogP contribution in [0.2, 0.25) is 0 Å². The van der Waals surface area contributed by atoms with E-state index >= 15 is 0 Å². The Bertz CT molecular complexity index is 357. The van der Waals surface area contributed by atoms with Crippen LogP contribution < -0.4 is 0 Å². The molecule has 0 radical (unpaired) electrons. The zero-order chi connectivity index (χ0) is 9.68. The highest BCUT2D eigenvalue weighted by Gasteiger charge is 1.93. The molecule has 0 aliphatic rings. The van der Waals surface area contributed by atoms with E-state index in [9.17, 15) is 4.79 Å². The first-order chi connectivity index (χ1) is 6.22. The van der Waals surface area contributed by atoms with Gasteiger partial charge in [0.2, 0.25) is 0 Å². The average molecular weight is 178 g/mol. The number of aryl methyl sites for hydroxylation is 1. The minimum absolute atomic E-state index is 0.348. The number of aromatic nitrogens is 2. The summed E-state index contributed by atoms with van der Waals surface area (Å²) in [7, 11) is 1.79. The summed E-state index contributed by atoms with van der Waals surface area (Å²) in [4.78, 5) is 10.8. The normalized spacial score (nSPS) is 8.77. The second kappa shape index (κ2) is 4.31. The van der Waals surface area contributed by atoms with E-state index in [4.69, 9.17) is 0 Å². The summed E-state index contributed by atoms with van der Waals surface area (Å²) in [6.07, 6.45) is 3.32. The van der Waals surface area contributed by atoms with Gasteiger partial charge in [-0.3, -0.25) is 4.68 Å². The minimum atomic E-state index is -0.508. The van der Waals surface area contributed by atoms with Gasteiger partial charge in [-0.25, -0.2) is 4.79 Å². The molecule has 4 heteroatoms. The third-order valence-electron chi connectivity index (χ3n) is 1.29. The number of hydrogen-bond donors (Lipinski definition) is 0. The highest BCUT2D eigenvalue weighted by Crippen LogP contribution is 1.91. The van der Waals surface area contributed by atoms with Gasteiger partial charge in [-0.2, -0.15) is 5.10 Å². The number of hydrogen-bond acceptors (Lipinski definition) is 3. The highest BCUT2D eigenvalue weighted by molar-refractivity contribution is 5.89. The molecular weight excluding hydrogens is 168 g/mol. The molecule has 68 valence electrons. The van der Waals surface area contributed by atoms with Gasteiger partial charge in [0.1, 0.15) is 0 Å². The van der Waals surface area contributed by atoms with E-state index < -0.39 is 5.97 Å². The fraction of sp³-hybridized carbons (Fsp3) is 0.333. The lowest BCUT2D eigenvalue weighted by atomic mass is 10.4. The molecule has 1 heterocycles. The summed E-state index contributed by atoms with van der Waals surface area (Å²) < 4.78 is 6.25. The second-order valence-corrected chi connectivity index (χ2v) is 2.37. The first kappa shape index (κ1) is 9.33. The Balaban J connectivity index is 2.62. The summed E-state index contributed by atoms with van der Waals surface area (Å²) in [6, 6.07) is 0. The number of ether oxygens (including phenoxy) is 1. The van der Waals surface area contributed by atoms with Crippen molar-refractivity contribution in [3.05, 3.63) is 18.0 Å². The van der Waals surface area contributed by atoms with Crippen LogP contribution in [0.3, 0.4) is 0 Å². The molecule has 0 amide bonds. The van der Waals surface area contributed by atoms with Gasteiger partial charge in [0, 0.05) is 19.2 Å². The predicted octanol–water partition coefficient (Wildman–Crippen LogP) is 0.335. The van der Waals surface area contributed by atoms with Crippen molar-refractivity contribution in [2.45, 2.75) is 6.92 Å². The van der Waals surface area contributed by atoms with Crippen molar-refractivity contribution in [3.63, 3.8) is 0 Å². The Labute approximate surface area is 76.5 Å². The van der Waals surface area contributed by atoms with E-state index in [0.29, 0.717) is 12.2 Å². The number of nitrogens with zero attached hydrogens (tertiary/aromatic N) is 2. The molecule has 0 saturated carbocycles. The zero-order valence-electron chi connectivity index (χ0n) is 7.57. The monoisotopic (exact) mass is 178 g/mol. The molecule has 0 aliphatic carbocycles. The highest BCUT2D eigenvalue weighted by atomic mass is 16.5. The Morgan fingerprint density at radius 1 is 1.77 bits per heavy atom. The van der Waals surface area contributed by atoms with Crippen molar-refractivity contribution in [1.82, 2.24) is 9.78 Å². The van der Waals surface area contributed by atoms with Crippen LogP contribution in [0.4, 0.5) is 0 Å². The zero-order valence-corrected chi connectivity index (χ0v) is 7.57. The van der Waals surface area contributed by atoms with Gasteiger partial charge in [-0.15, -0.1) is 0 Å². The summed E-state index contributed by atoms with van der Waals surface area (Å²) in [5.41, 5.74) is 0.704. The summed E-state index contributed by atoms with van der Waals surface area (Å²) in [5.74, 6) is 4.48. The third kappa shape index (κ3) is 2.99. The minimum Gasteiger partial charge on any atom is -0.456 e. The van der Waals surface area contributed by atoms with Gasteiger partial charge in [-0.05, 0) is 6.92 Å². The fourth-order valence-electron chi connectivity index (χ4n) is 0.776. The molecule has 0 bridgehead atoms. The van der Waals surface area contributed by atoms with Crippen LogP contribution in [-0.2, 0) is 16.6 Å². The molecule has 1 aromatic rings. The lowest BCUT2D eigenvalue weighted by Gasteiger charge is -1.89. The maximum atomic E-state index is 10.8. The quantitative estimate of drug-likeness (QED) is 0.460. The van der Waals surface area contributed by atoms with Crippen molar-refractivity contribution in [2.24, 2.45) is 7.05 Å². The molecule has 0 unspecified atom stereocenters. The van der Waals surface area contributed by atoms with Crippen LogP contribution in [0.1, 0.15) is 12.5 Å². The maximum absolute atomic E-state index is 10.8. The summed E-state index contributed by atoms with van der Waals surface area (Å²) in [6.45, 7) is 2.09. The molecule has 0 spiro atoms. The topological polar surface area (TPSA) is 44.1 Å². The van der Waals surface area contributed by atoms with Crippen molar-refractivity contribution in [2.75, 3.05) is 6.61 Å². The van der Waals surface area contributed by atoms with Gasteiger partial charge in [0.25, 0.3) is 0 Å². The lowest BCUT2D eigenvalue weighted by Crippen LogP contribution is -1.99. The van der Waals surface area contributed by atoms with E-state index in [1.54, 1.807) is 31.0 Å². The Kier molecular flexibility index (Phi) is 3.09. The average Bonchev–Trinajstić information content (AvgIpc) is 2.49. The standard InChI is InChI=1S/C9H10N2O2/c1-3-13-9(12)5-4-8-6-10-11(2)7-8/h6-7H,3H2,1-2H3. The molecule has 4 nitrogen and oxygen atoms in total. The molecule has 0 aliphatic heterocycles. The summed E-state index contributed by atoms with van der Waals surface area (Å²) >= 11 is 0. The molecule has 0 N–H and O–H groups in total. The van der Waals surface area contributed by atoms with Crippen molar-refractivity contribution < 1.29 is 9.53 Å². The van der Waals surface area contributed by atoms with Gasteiger partial charge in [0.05, 0.1) is 18.4 Å². The second-order valence-electron chi connectivity index (χ2n) is 2.37. The molecule has 0 saturated heterocycles. The smallest absolute Gasteiger partial charge is 0.384 e. The van der Waals surface area contributed by atoms with Crippen molar-refractivity contribution in [1.29, 1.82) is 0 Å². The van der Waals surface area contributed by atoms with Gasteiger partial charge in [-0.1, -0.05) is 5.92 Å². The fourth-order valence-corrected chi connectivity index (χ4v) is 0.776. The van der Waals surface area contributed by atoms with E-state index in [-0.39, 0.29) is 0 Å². The van der Waals surface area contributed by atoms with Gasteiger partial charge < -0.3 is 4.74 Å². The van der Waals surface area contributed by atoms with E-state index in [1.165, 1.54) is 0 Å². The Morgan fingerprint density at radius 2 is 2.54 bits per heavy atom. The van der Waals surface area contributed by atoms with Crippen molar-refractivity contribution in [3.8, 4) is 11.8 Å². The van der Waals surface area contributed by atoms with Crippen LogP contribution in [0.25, 0.3) is 0 Å². The number of esters is 1. The molecule has 0 fully saturated rings. The van der Waals surface area contributed by atoms with Crippen LogP contribution in [0.15, 0.2) is 12.4 Å². The Morgan fingerprint density at radius 3 is 3.08 bits per heavy atom. The molecule has 13 heavy (non-hydrogen) atoms. The van der Waals surface area contributed by atoms with Crippen LogP contribution in [0.5, 0.6) is 0 Å². The van der Waals surface area contributed by atoms with Gasteiger partial charge >= 0.3 is 5.97 Å². The number of carbonyl (C=O) groups excluding carboxylic acids is 1. The molecular formula is C9H10N2O2. The molecule has 0 aromatic carbocycles. The van der Waals surface area contributed by atoms with Crippen LogP contribution in [-0.4, -0.2) is 22.4 Å². The van der Waals surface area contributed by atoms with Crippen LogP contribution >= 0.6 is 0 Å². The van der Waals surface area contributed by atoms with Crippen molar-refractivity contribution >= 4 is 5.97 Å². The third-order valence-corrected chi connectivity index (χ3v) is 1.29. The molecule has 1 rings (SSSR count). The largest absolute Gasteiger partial charge is 0.456 e. The number of carbonyl (C=O) groups is 1. The van der Waals surface area contributed by atoms with E-state index in [2.05, 4.69) is 21.7 Å². The maximum Gasteiger partial charge on any atom is 0.384 e. The predicted molar refractivity (Wildman–Crippen MR) is 46.7 cm³/mol. The molecule has 1 aromatic heterocycles. The van der Waals surface area contributed by atoms with E-state index in [0.717, 1.165) is 0 Å². The van der Waals surface area contributed by atoms with E-state index in [1.807, 2.05) is 0 Å². The lowest BCUT2D eigenvalue weighted by molar-refractivity contribution is -0.136. The van der Waals surface area contributed by atoms with Gasteiger partial charge in [0.15, 0.2) is 0 Å². The molecule has 0 atom stereocenters. The number of rotatable bonds is 1. The SMILES string of the molecule is CCOC(=O)C#Cc1cnn(C)c1. The first-order valence-corrected chi connectivity index (χ1v) is 3.89. The Hall–Kier alpha value is -1.76. The van der Waals surface area contributed by atoms with Crippen LogP contribution in [0, 0.1) is 11.8 Å².